The molecule has 0 saturated heterocycles. The summed E-state index contributed by atoms with van der Waals surface area (Å²) in [7, 11) is 0. The van der Waals surface area contributed by atoms with E-state index in [9.17, 15) is 0 Å². The molecule has 1 heterocycles. The largest absolute Gasteiger partial charge is 0.228 e. The van der Waals surface area contributed by atoms with E-state index in [0.717, 1.165) is 44.2 Å². The third-order valence-corrected chi connectivity index (χ3v) is 13.0. The minimum Gasteiger partial charge on any atom is -0.228 e. The number of nitrogens with zero attached hydrogens (tertiary/aromatic N) is 2. The van der Waals surface area contributed by atoms with Crippen LogP contribution in [0.25, 0.3) is 88.8 Å². The molecule has 0 atom stereocenters. The first-order valence-electron chi connectivity index (χ1n) is 21.7. The van der Waals surface area contributed by atoms with E-state index in [4.69, 9.17) is 9.97 Å². The van der Waals surface area contributed by atoms with Crippen LogP contribution >= 0.6 is 0 Å². The molecular weight excluding hydrogens is 761 g/mol. The number of benzene rings is 10. The van der Waals surface area contributed by atoms with E-state index in [1.54, 1.807) is 0 Å². The van der Waals surface area contributed by atoms with E-state index in [1.807, 2.05) is 0 Å². The summed E-state index contributed by atoms with van der Waals surface area (Å²) in [6.45, 7) is 0. The Hall–Kier alpha value is -8.20. The monoisotopic (exact) mass is 800 g/mol. The van der Waals surface area contributed by atoms with Crippen LogP contribution in [0.1, 0.15) is 22.3 Å². The molecule has 0 saturated carbocycles. The zero-order valence-electron chi connectivity index (χ0n) is 34.5. The highest BCUT2D eigenvalue weighted by Crippen LogP contribution is 2.58. The number of rotatable bonds is 7. The average molecular weight is 801 g/mol. The number of hydrogen-bond acceptors (Lipinski definition) is 2. The minimum atomic E-state index is -0.480. The molecule has 0 unspecified atom stereocenters. The van der Waals surface area contributed by atoms with Gasteiger partial charge >= 0.3 is 0 Å². The van der Waals surface area contributed by atoms with E-state index < -0.39 is 5.41 Å². The van der Waals surface area contributed by atoms with Gasteiger partial charge in [0.05, 0.1) is 16.8 Å². The van der Waals surface area contributed by atoms with Gasteiger partial charge in [-0.3, -0.25) is 0 Å². The first-order valence-corrected chi connectivity index (χ1v) is 21.7. The molecule has 0 fully saturated rings. The van der Waals surface area contributed by atoms with Crippen molar-refractivity contribution in [3.8, 4) is 67.3 Å². The first kappa shape index (κ1) is 36.6. The topological polar surface area (TPSA) is 25.8 Å². The molecule has 0 radical (unpaired) electrons. The highest BCUT2D eigenvalue weighted by atomic mass is 14.9. The summed E-state index contributed by atoms with van der Waals surface area (Å²) in [6.07, 6.45) is 0. The lowest BCUT2D eigenvalue weighted by atomic mass is 9.67. The van der Waals surface area contributed by atoms with Gasteiger partial charge in [0.2, 0.25) is 0 Å². The van der Waals surface area contributed by atoms with Crippen molar-refractivity contribution in [2.45, 2.75) is 5.41 Å². The Morgan fingerprint density at radius 3 is 1.52 bits per heavy atom. The molecule has 1 aliphatic rings. The summed E-state index contributed by atoms with van der Waals surface area (Å²) in [5, 5.41) is 4.61. The molecule has 1 aliphatic carbocycles. The summed E-state index contributed by atoms with van der Waals surface area (Å²) in [6, 6.07) is 87.7. The molecule has 0 spiro atoms. The van der Waals surface area contributed by atoms with Gasteiger partial charge in [-0.25, -0.2) is 9.97 Å². The molecule has 12 rings (SSSR count). The van der Waals surface area contributed by atoms with Gasteiger partial charge in [-0.05, 0) is 89.3 Å². The molecular formula is C61H40N2. The van der Waals surface area contributed by atoms with Crippen LogP contribution in [0.2, 0.25) is 0 Å². The van der Waals surface area contributed by atoms with Gasteiger partial charge in [-0.15, -0.1) is 0 Å². The van der Waals surface area contributed by atoms with Crippen LogP contribution in [0.4, 0.5) is 0 Å². The van der Waals surface area contributed by atoms with Gasteiger partial charge in [0.1, 0.15) is 0 Å². The van der Waals surface area contributed by atoms with E-state index in [-0.39, 0.29) is 0 Å². The molecule has 0 amide bonds. The van der Waals surface area contributed by atoms with Crippen LogP contribution in [-0.2, 0) is 5.41 Å². The van der Waals surface area contributed by atoms with Crippen LogP contribution in [0.3, 0.4) is 0 Å². The first-order chi connectivity index (χ1) is 31.3. The quantitative estimate of drug-likeness (QED) is 0.160. The van der Waals surface area contributed by atoms with Crippen LogP contribution in [0.15, 0.2) is 243 Å². The Morgan fingerprint density at radius 1 is 0.286 bits per heavy atom. The van der Waals surface area contributed by atoms with E-state index in [1.165, 1.54) is 61.0 Å². The summed E-state index contributed by atoms with van der Waals surface area (Å²) in [4.78, 5) is 10.8. The van der Waals surface area contributed by atoms with Crippen molar-refractivity contribution in [3.63, 3.8) is 0 Å². The Labute approximate surface area is 367 Å². The molecule has 1 aromatic heterocycles. The predicted molar refractivity (Wildman–Crippen MR) is 262 cm³/mol. The number of hydrogen-bond donors (Lipinski definition) is 0. The molecule has 10 aromatic carbocycles. The Bertz CT molecular complexity index is 3440. The molecule has 2 heteroatoms. The second kappa shape index (κ2) is 15.1. The second-order valence-corrected chi connectivity index (χ2v) is 16.4. The van der Waals surface area contributed by atoms with Crippen LogP contribution in [0.5, 0.6) is 0 Å². The van der Waals surface area contributed by atoms with Gasteiger partial charge in [0.15, 0.2) is 5.82 Å². The maximum absolute atomic E-state index is 5.43. The lowest BCUT2D eigenvalue weighted by molar-refractivity contribution is 0.768. The van der Waals surface area contributed by atoms with Crippen molar-refractivity contribution in [1.29, 1.82) is 0 Å². The Morgan fingerprint density at radius 2 is 0.778 bits per heavy atom. The lowest BCUT2D eigenvalue weighted by Crippen LogP contribution is -2.28. The van der Waals surface area contributed by atoms with Gasteiger partial charge in [0, 0.05) is 16.7 Å². The van der Waals surface area contributed by atoms with Crippen LogP contribution in [-0.4, -0.2) is 9.97 Å². The fourth-order valence-electron chi connectivity index (χ4n) is 10.2. The molecule has 294 valence electrons. The number of fused-ring (bicyclic) bond motifs is 5. The predicted octanol–water partition coefficient (Wildman–Crippen LogP) is 15.5. The van der Waals surface area contributed by atoms with Crippen molar-refractivity contribution in [1.82, 2.24) is 9.97 Å². The average Bonchev–Trinajstić information content (AvgIpc) is 3.68. The van der Waals surface area contributed by atoms with Crippen LogP contribution in [0, 0.1) is 0 Å². The summed E-state index contributed by atoms with van der Waals surface area (Å²) in [5.74, 6) is 0.695. The van der Waals surface area contributed by atoms with Gasteiger partial charge in [-0.2, -0.15) is 0 Å². The van der Waals surface area contributed by atoms with Crippen molar-refractivity contribution in [3.05, 3.63) is 265 Å². The molecule has 63 heavy (non-hydrogen) atoms. The number of aromatic nitrogens is 2. The van der Waals surface area contributed by atoms with Crippen LogP contribution < -0.4 is 0 Å². The summed E-state index contributed by atoms with van der Waals surface area (Å²) in [5.41, 5.74) is 16.8. The molecule has 11 aromatic rings. The van der Waals surface area contributed by atoms with Gasteiger partial charge in [0.25, 0.3) is 0 Å². The molecule has 0 aliphatic heterocycles. The highest BCUT2D eigenvalue weighted by Gasteiger charge is 2.46. The van der Waals surface area contributed by atoms with E-state index in [0.29, 0.717) is 5.82 Å². The molecule has 2 nitrogen and oxygen atoms in total. The summed E-state index contributed by atoms with van der Waals surface area (Å²) < 4.78 is 0. The smallest absolute Gasteiger partial charge is 0.161 e. The maximum atomic E-state index is 5.43. The Balaban J connectivity index is 1.07. The normalized spacial score (nSPS) is 12.6. The molecule has 0 N–H and O–H groups in total. The lowest BCUT2D eigenvalue weighted by Gasteiger charge is -2.34. The zero-order valence-corrected chi connectivity index (χ0v) is 34.5. The van der Waals surface area contributed by atoms with E-state index in [2.05, 4.69) is 243 Å². The van der Waals surface area contributed by atoms with Gasteiger partial charge < -0.3 is 0 Å². The fraction of sp³-hybridized carbons (Fsp3) is 0.0164. The van der Waals surface area contributed by atoms with E-state index >= 15 is 0 Å². The molecule has 0 bridgehead atoms. The zero-order chi connectivity index (χ0) is 41.7. The van der Waals surface area contributed by atoms with Crippen molar-refractivity contribution in [2.75, 3.05) is 0 Å². The standard InChI is InChI=1S/C61H40N2/c1-4-18-41(19-5-1)42-34-36-44(37-35-42)57-40-58(51-30-16-21-43-20-10-11-26-47(43)51)63-60(62-57)53-39-38-50(48-27-12-13-28-49(48)53)52-31-17-33-56-59(52)54-29-14-15-32-55(54)61(56,45-22-6-2-7-23-45)46-24-8-3-9-25-46/h1-40H. The van der Waals surface area contributed by atoms with Crippen molar-refractivity contribution in [2.24, 2.45) is 0 Å². The third-order valence-electron chi connectivity index (χ3n) is 13.0. The minimum absolute atomic E-state index is 0.480. The Kier molecular flexibility index (Phi) is 8.76. The SMILES string of the molecule is c1ccc(-c2ccc(-c3cc(-c4cccc5ccccc45)nc(-c4ccc(-c5cccc6c5-c5ccccc5C6(c5ccccc5)c5ccccc5)c5ccccc45)n3)cc2)cc1. The third kappa shape index (κ3) is 5.95. The second-order valence-electron chi connectivity index (χ2n) is 16.4. The summed E-state index contributed by atoms with van der Waals surface area (Å²) >= 11 is 0. The van der Waals surface area contributed by atoms with Gasteiger partial charge in [-0.1, -0.05) is 231 Å². The van der Waals surface area contributed by atoms with Crippen molar-refractivity contribution < 1.29 is 0 Å². The van der Waals surface area contributed by atoms with Crippen molar-refractivity contribution >= 4 is 21.5 Å². The highest BCUT2D eigenvalue weighted by molar-refractivity contribution is 6.08. The maximum Gasteiger partial charge on any atom is 0.161 e. The fourth-order valence-corrected chi connectivity index (χ4v) is 10.2.